The van der Waals surface area contributed by atoms with Crippen molar-refractivity contribution >= 4 is 23.2 Å². The number of primary amides is 1. The van der Waals surface area contributed by atoms with E-state index in [1.54, 1.807) is 11.4 Å². The maximum absolute atomic E-state index is 11.8. The second kappa shape index (κ2) is 6.03. The van der Waals surface area contributed by atoms with Gasteiger partial charge in [0.25, 0.3) is 5.91 Å². The van der Waals surface area contributed by atoms with E-state index in [2.05, 4.69) is 11.8 Å². The lowest BCUT2D eigenvalue weighted by molar-refractivity contribution is -0.118. The first-order chi connectivity index (χ1) is 8.04. The van der Waals surface area contributed by atoms with Crippen LogP contribution in [0.25, 0.3) is 0 Å². The van der Waals surface area contributed by atoms with E-state index in [9.17, 15) is 9.59 Å². The number of hydrogen-bond donors (Lipinski definition) is 2. The molecule has 1 rings (SSSR count). The van der Waals surface area contributed by atoms with Crippen molar-refractivity contribution in [2.24, 2.45) is 5.73 Å². The van der Waals surface area contributed by atoms with Crippen molar-refractivity contribution in [2.75, 3.05) is 20.2 Å². The Bertz CT molecular complexity index is 484. The van der Waals surface area contributed by atoms with Crippen LogP contribution in [0, 0.1) is 11.8 Å². The Balaban J connectivity index is 2.76. The smallest absolute Gasteiger partial charge is 0.254 e. The number of amides is 2. The monoisotopic (exact) mass is 252 g/mol. The molecule has 0 saturated carbocycles. The zero-order chi connectivity index (χ0) is 12.8. The quantitative estimate of drug-likeness (QED) is 0.721. The van der Waals surface area contributed by atoms with Crippen LogP contribution in [0.1, 0.15) is 15.2 Å². The number of nitrogens with zero attached hydrogens (tertiary/aromatic N) is 1. The topological polar surface area (TPSA) is 83.6 Å². The van der Waals surface area contributed by atoms with Gasteiger partial charge >= 0.3 is 0 Å². The molecule has 0 fully saturated rings. The van der Waals surface area contributed by atoms with Crippen molar-refractivity contribution in [3.63, 3.8) is 0 Å². The number of rotatable bonds is 3. The van der Waals surface area contributed by atoms with Gasteiger partial charge in [-0.1, -0.05) is 11.8 Å². The van der Waals surface area contributed by atoms with Gasteiger partial charge in [-0.25, -0.2) is 0 Å². The van der Waals surface area contributed by atoms with Gasteiger partial charge in [0.2, 0.25) is 5.91 Å². The minimum atomic E-state index is -0.559. The van der Waals surface area contributed by atoms with E-state index in [4.69, 9.17) is 10.8 Å². The van der Waals surface area contributed by atoms with Gasteiger partial charge in [-0.15, -0.1) is 11.3 Å². The van der Waals surface area contributed by atoms with E-state index in [0.717, 1.165) is 0 Å². The molecule has 90 valence electrons. The minimum Gasteiger partial charge on any atom is -0.384 e. The molecule has 0 aliphatic heterocycles. The first-order valence-electron chi connectivity index (χ1n) is 4.76. The highest BCUT2D eigenvalue weighted by atomic mass is 32.1. The maximum Gasteiger partial charge on any atom is 0.254 e. The molecule has 6 heteroatoms. The van der Waals surface area contributed by atoms with E-state index >= 15 is 0 Å². The molecule has 1 heterocycles. The molecule has 0 aromatic carbocycles. The molecule has 0 spiro atoms. The zero-order valence-corrected chi connectivity index (χ0v) is 10.1. The SMILES string of the molecule is CN(CC(N)=O)C(=O)c1csc(C#CCO)c1. The van der Waals surface area contributed by atoms with Gasteiger partial charge in [-0.2, -0.15) is 0 Å². The number of carbonyl (C=O) groups excluding carboxylic acids is 2. The van der Waals surface area contributed by atoms with E-state index in [-0.39, 0.29) is 19.1 Å². The molecule has 1 aromatic heterocycles. The van der Waals surface area contributed by atoms with Gasteiger partial charge in [-0.05, 0) is 6.07 Å². The predicted octanol–water partition coefficient (Wildman–Crippen LogP) is -0.351. The Labute approximate surface area is 103 Å². The molecule has 2 amide bonds. The Hall–Kier alpha value is -1.84. The van der Waals surface area contributed by atoms with Crippen LogP contribution in [0.5, 0.6) is 0 Å². The predicted molar refractivity (Wildman–Crippen MR) is 64.4 cm³/mol. The first kappa shape index (κ1) is 13.2. The van der Waals surface area contributed by atoms with E-state index in [1.807, 2.05) is 0 Å². The molecule has 0 radical (unpaired) electrons. The van der Waals surface area contributed by atoms with Crippen LogP contribution in [0.4, 0.5) is 0 Å². The fraction of sp³-hybridized carbons (Fsp3) is 0.273. The largest absolute Gasteiger partial charge is 0.384 e. The maximum atomic E-state index is 11.8. The van der Waals surface area contributed by atoms with Crippen molar-refractivity contribution in [1.29, 1.82) is 0 Å². The number of thiophene rings is 1. The van der Waals surface area contributed by atoms with Crippen molar-refractivity contribution in [1.82, 2.24) is 4.90 Å². The summed E-state index contributed by atoms with van der Waals surface area (Å²) in [6, 6.07) is 1.62. The van der Waals surface area contributed by atoms with Gasteiger partial charge in [-0.3, -0.25) is 9.59 Å². The van der Waals surface area contributed by atoms with Crippen molar-refractivity contribution in [3.05, 3.63) is 21.9 Å². The van der Waals surface area contributed by atoms with Gasteiger partial charge in [0, 0.05) is 12.4 Å². The number of hydrogen-bond acceptors (Lipinski definition) is 4. The van der Waals surface area contributed by atoms with E-state index in [1.165, 1.54) is 23.3 Å². The second-order valence-corrected chi connectivity index (χ2v) is 4.20. The number of aliphatic hydroxyl groups excluding tert-OH is 1. The Morgan fingerprint density at radius 2 is 2.29 bits per heavy atom. The van der Waals surface area contributed by atoms with Crippen LogP contribution >= 0.6 is 11.3 Å². The van der Waals surface area contributed by atoms with Crippen LogP contribution in [0.2, 0.25) is 0 Å². The molecule has 0 unspecified atom stereocenters. The lowest BCUT2D eigenvalue weighted by Gasteiger charge is -2.13. The molecular formula is C11H12N2O3S. The van der Waals surface area contributed by atoms with Crippen LogP contribution in [0.15, 0.2) is 11.4 Å². The first-order valence-corrected chi connectivity index (χ1v) is 5.64. The lowest BCUT2D eigenvalue weighted by atomic mass is 10.2. The summed E-state index contributed by atoms with van der Waals surface area (Å²) in [6.45, 7) is -0.338. The molecule has 0 saturated heterocycles. The summed E-state index contributed by atoms with van der Waals surface area (Å²) >= 11 is 1.31. The molecule has 0 atom stereocenters. The van der Waals surface area contributed by atoms with Gasteiger partial charge in [0.1, 0.15) is 6.61 Å². The van der Waals surface area contributed by atoms with Crippen molar-refractivity contribution in [2.45, 2.75) is 0 Å². The number of nitrogens with two attached hydrogens (primary N) is 1. The molecular weight excluding hydrogens is 240 g/mol. The average Bonchev–Trinajstić information content (AvgIpc) is 2.72. The standard InChI is InChI=1S/C11H12N2O3S/c1-13(6-10(12)15)11(16)8-5-9(17-7-8)3-2-4-14/h5,7,14H,4,6H2,1H3,(H2,12,15). The average molecular weight is 252 g/mol. The van der Waals surface area contributed by atoms with Gasteiger partial charge in [0.15, 0.2) is 0 Å². The van der Waals surface area contributed by atoms with Gasteiger partial charge < -0.3 is 15.7 Å². The molecule has 5 nitrogen and oxygen atoms in total. The fourth-order valence-corrected chi connectivity index (χ4v) is 1.92. The summed E-state index contributed by atoms with van der Waals surface area (Å²) in [5, 5.41) is 10.2. The molecule has 0 aliphatic carbocycles. The van der Waals surface area contributed by atoms with Crippen molar-refractivity contribution < 1.29 is 14.7 Å². The third-order valence-electron chi connectivity index (χ3n) is 1.88. The molecule has 0 aliphatic rings. The summed E-state index contributed by atoms with van der Waals surface area (Å²) in [4.78, 5) is 24.4. The third kappa shape index (κ3) is 3.90. The summed E-state index contributed by atoms with van der Waals surface area (Å²) in [5.41, 5.74) is 5.46. The number of likely N-dealkylation sites (N-methyl/N-ethyl adjacent to an activating group) is 1. The fourth-order valence-electron chi connectivity index (χ4n) is 1.17. The van der Waals surface area contributed by atoms with E-state index in [0.29, 0.717) is 10.4 Å². The summed E-state index contributed by atoms with van der Waals surface area (Å²) in [6.07, 6.45) is 0. The number of aliphatic hydroxyl groups is 1. The molecule has 3 N–H and O–H groups in total. The highest BCUT2D eigenvalue weighted by Crippen LogP contribution is 2.14. The summed E-state index contributed by atoms with van der Waals surface area (Å²) < 4.78 is 0. The highest BCUT2D eigenvalue weighted by Gasteiger charge is 2.14. The normalized spacial score (nSPS) is 9.29. The third-order valence-corrected chi connectivity index (χ3v) is 2.72. The lowest BCUT2D eigenvalue weighted by Crippen LogP contribution is -2.35. The van der Waals surface area contributed by atoms with Crippen LogP contribution in [-0.2, 0) is 4.79 Å². The Morgan fingerprint density at radius 3 is 2.88 bits per heavy atom. The second-order valence-electron chi connectivity index (χ2n) is 3.29. The molecule has 1 aromatic rings. The minimum absolute atomic E-state index is 0.119. The van der Waals surface area contributed by atoms with Crippen molar-refractivity contribution in [3.8, 4) is 11.8 Å². The zero-order valence-electron chi connectivity index (χ0n) is 9.27. The number of carbonyl (C=O) groups is 2. The summed E-state index contributed by atoms with van der Waals surface area (Å²) in [7, 11) is 1.50. The van der Waals surface area contributed by atoms with Crippen LogP contribution < -0.4 is 5.73 Å². The highest BCUT2D eigenvalue weighted by molar-refractivity contribution is 7.10. The Kier molecular flexibility index (Phi) is 4.69. The van der Waals surface area contributed by atoms with Crippen LogP contribution in [0.3, 0.4) is 0 Å². The Morgan fingerprint density at radius 1 is 1.59 bits per heavy atom. The molecule has 17 heavy (non-hydrogen) atoms. The van der Waals surface area contributed by atoms with Gasteiger partial charge in [0.05, 0.1) is 17.0 Å². The summed E-state index contributed by atoms with van der Waals surface area (Å²) in [5.74, 6) is 4.36. The molecule has 0 bridgehead atoms. The van der Waals surface area contributed by atoms with E-state index < -0.39 is 5.91 Å². The van der Waals surface area contributed by atoms with Crippen LogP contribution in [-0.4, -0.2) is 42.0 Å².